The van der Waals surface area contributed by atoms with Gasteiger partial charge in [0.05, 0.1) is 6.10 Å². The molecule has 1 N–H and O–H groups in total. The molecule has 0 heterocycles. The van der Waals surface area contributed by atoms with E-state index in [0.717, 1.165) is 17.8 Å². The summed E-state index contributed by atoms with van der Waals surface area (Å²) in [6.07, 6.45) is 8.80. The highest BCUT2D eigenvalue weighted by Crippen LogP contribution is 2.40. The number of hydrogen-bond donors (Lipinski definition) is 1. The molecule has 0 amide bonds. The number of nitrogens with one attached hydrogen (secondary N) is 1. The van der Waals surface area contributed by atoms with E-state index in [2.05, 4.69) is 19.3 Å². The highest BCUT2D eigenvalue weighted by atomic mass is 16.5. The molecule has 0 bridgehead atoms. The summed E-state index contributed by atoms with van der Waals surface area (Å²) in [6, 6.07) is 0.588. The molecule has 2 aliphatic carbocycles. The monoisotopic (exact) mass is 225 g/mol. The number of methoxy groups -OCH3 is 1. The number of rotatable bonds is 5. The van der Waals surface area contributed by atoms with E-state index in [0.29, 0.717) is 12.1 Å². The zero-order chi connectivity index (χ0) is 11.5. The first kappa shape index (κ1) is 12.4. The zero-order valence-corrected chi connectivity index (χ0v) is 11.0. The summed E-state index contributed by atoms with van der Waals surface area (Å²) in [5.74, 6) is 2.62. The molecule has 0 spiro atoms. The van der Waals surface area contributed by atoms with Crippen molar-refractivity contribution in [3.63, 3.8) is 0 Å². The molecule has 2 unspecified atom stereocenters. The van der Waals surface area contributed by atoms with Crippen molar-refractivity contribution in [1.82, 2.24) is 5.32 Å². The molecule has 2 saturated carbocycles. The van der Waals surface area contributed by atoms with E-state index < -0.39 is 0 Å². The Kier molecular flexibility index (Phi) is 4.26. The van der Waals surface area contributed by atoms with Crippen molar-refractivity contribution in [2.45, 2.75) is 57.6 Å². The summed E-state index contributed by atoms with van der Waals surface area (Å²) in [5, 5.41) is 3.53. The van der Waals surface area contributed by atoms with Crippen molar-refractivity contribution in [2.75, 3.05) is 14.2 Å². The fraction of sp³-hybridized carbons (Fsp3) is 1.00. The van der Waals surface area contributed by atoms with Crippen LogP contribution in [0.2, 0.25) is 0 Å². The minimum atomic E-state index is 0.461. The summed E-state index contributed by atoms with van der Waals surface area (Å²) < 4.78 is 5.74. The zero-order valence-electron chi connectivity index (χ0n) is 11.0. The number of ether oxygens (including phenoxy) is 1. The molecule has 0 aromatic heterocycles. The van der Waals surface area contributed by atoms with Gasteiger partial charge in [0.15, 0.2) is 0 Å². The van der Waals surface area contributed by atoms with Crippen LogP contribution >= 0.6 is 0 Å². The largest absolute Gasteiger partial charge is 0.380 e. The predicted octanol–water partition coefficient (Wildman–Crippen LogP) is 2.83. The SMILES string of the molecule is CNC(C1CCC(C)CC1)C(OC)C1CC1. The first-order valence-corrected chi connectivity index (χ1v) is 6.96. The van der Waals surface area contributed by atoms with E-state index in [-0.39, 0.29) is 0 Å². The van der Waals surface area contributed by atoms with Crippen LogP contribution in [0.1, 0.15) is 45.4 Å². The van der Waals surface area contributed by atoms with Crippen LogP contribution in [0.15, 0.2) is 0 Å². The molecule has 2 heteroatoms. The molecule has 94 valence electrons. The quantitative estimate of drug-likeness (QED) is 0.777. The maximum Gasteiger partial charge on any atom is 0.0754 e. The summed E-state index contributed by atoms with van der Waals surface area (Å²) in [6.45, 7) is 2.39. The maximum absolute atomic E-state index is 5.74. The van der Waals surface area contributed by atoms with Gasteiger partial charge in [0.2, 0.25) is 0 Å². The van der Waals surface area contributed by atoms with Gasteiger partial charge in [0, 0.05) is 13.2 Å². The van der Waals surface area contributed by atoms with Crippen LogP contribution in [-0.4, -0.2) is 26.3 Å². The summed E-state index contributed by atoms with van der Waals surface area (Å²) in [5.41, 5.74) is 0. The second kappa shape index (κ2) is 5.50. The standard InChI is InChI=1S/C14H27NO/c1-10-4-6-11(7-5-10)13(15-2)14(16-3)12-8-9-12/h10-15H,4-9H2,1-3H3. The molecule has 2 atom stereocenters. The van der Waals surface area contributed by atoms with Crippen molar-refractivity contribution in [3.8, 4) is 0 Å². The fourth-order valence-corrected chi connectivity index (χ4v) is 3.37. The minimum absolute atomic E-state index is 0.461. The Bertz CT molecular complexity index is 207. The van der Waals surface area contributed by atoms with Crippen LogP contribution in [0.5, 0.6) is 0 Å². The first-order valence-electron chi connectivity index (χ1n) is 6.96. The molecule has 2 fully saturated rings. The Balaban J connectivity index is 1.92. The Labute approximate surface area is 100 Å². The van der Waals surface area contributed by atoms with Crippen molar-refractivity contribution < 1.29 is 4.74 Å². The summed E-state index contributed by atoms with van der Waals surface area (Å²) in [4.78, 5) is 0. The van der Waals surface area contributed by atoms with Gasteiger partial charge in [0.25, 0.3) is 0 Å². The lowest BCUT2D eigenvalue weighted by atomic mass is 9.77. The van der Waals surface area contributed by atoms with Gasteiger partial charge in [-0.1, -0.05) is 19.8 Å². The van der Waals surface area contributed by atoms with Gasteiger partial charge in [-0.05, 0) is 50.5 Å². The van der Waals surface area contributed by atoms with E-state index >= 15 is 0 Å². The average molecular weight is 225 g/mol. The lowest BCUT2D eigenvalue weighted by Crippen LogP contribution is -2.46. The predicted molar refractivity (Wildman–Crippen MR) is 67.5 cm³/mol. The molecule has 0 aliphatic heterocycles. The molecule has 2 nitrogen and oxygen atoms in total. The lowest BCUT2D eigenvalue weighted by Gasteiger charge is -2.36. The Hall–Kier alpha value is -0.0800. The molecule has 0 radical (unpaired) electrons. The maximum atomic E-state index is 5.74. The van der Waals surface area contributed by atoms with Gasteiger partial charge in [-0.2, -0.15) is 0 Å². The van der Waals surface area contributed by atoms with Crippen LogP contribution < -0.4 is 5.32 Å². The van der Waals surface area contributed by atoms with E-state index in [1.165, 1.54) is 38.5 Å². The van der Waals surface area contributed by atoms with Crippen LogP contribution in [-0.2, 0) is 4.74 Å². The molecule has 0 aromatic rings. The second-order valence-corrected chi connectivity index (χ2v) is 5.87. The van der Waals surface area contributed by atoms with Crippen molar-refractivity contribution in [3.05, 3.63) is 0 Å². The molecule has 2 aliphatic rings. The third-order valence-corrected chi connectivity index (χ3v) is 4.61. The van der Waals surface area contributed by atoms with Crippen LogP contribution in [0.4, 0.5) is 0 Å². The molecule has 2 rings (SSSR count). The molecule has 16 heavy (non-hydrogen) atoms. The van der Waals surface area contributed by atoms with E-state index in [4.69, 9.17) is 4.74 Å². The highest BCUT2D eigenvalue weighted by molar-refractivity contribution is 4.94. The molecule has 0 aromatic carbocycles. The fourth-order valence-electron chi connectivity index (χ4n) is 3.37. The molecule has 0 saturated heterocycles. The van der Waals surface area contributed by atoms with Gasteiger partial charge >= 0.3 is 0 Å². The molecular weight excluding hydrogens is 198 g/mol. The third kappa shape index (κ3) is 2.78. The van der Waals surface area contributed by atoms with E-state index in [1.54, 1.807) is 0 Å². The lowest BCUT2D eigenvalue weighted by molar-refractivity contribution is 0.0242. The van der Waals surface area contributed by atoms with Gasteiger partial charge in [0.1, 0.15) is 0 Å². The average Bonchev–Trinajstić information content (AvgIpc) is 3.11. The Morgan fingerprint density at radius 2 is 1.56 bits per heavy atom. The Morgan fingerprint density at radius 1 is 1.00 bits per heavy atom. The second-order valence-electron chi connectivity index (χ2n) is 5.87. The van der Waals surface area contributed by atoms with E-state index in [9.17, 15) is 0 Å². The van der Waals surface area contributed by atoms with Crippen molar-refractivity contribution in [1.29, 1.82) is 0 Å². The first-order chi connectivity index (χ1) is 7.76. The summed E-state index contributed by atoms with van der Waals surface area (Å²) in [7, 11) is 4.00. The number of likely N-dealkylation sites (N-methyl/N-ethyl adjacent to an activating group) is 1. The van der Waals surface area contributed by atoms with Gasteiger partial charge in [-0.15, -0.1) is 0 Å². The third-order valence-electron chi connectivity index (χ3n) is 4.61. The minimum Gasteiger partial charge on any atom is -0.380 e. The van der Waals surface area contributed by atoms with Gasteiger partial charge in [-0.3, -0.25) is 0 Å². The van der Waals surface area contributed by atoms with Gasteiger partial charge in [-0.25, -0.2) is 0 Å². The summed E-state index contributed by atoms with van der Waals surface area (Å²) >= 11 is 0. The van der Waals surface area contributed by atoms with Crippen molar-refractivity contribution in [2.24, 2.45) is 17.8 Å². The van der Waals surface area contributed by atoms with E-state index in [1.807, 2.05) is 7.11 Å². The van der Waals surface area contributed by atoms with Crippen LogP contribution in [0.3, 0.4) is 0 Å². The molecular formula is C14H27NO. The van der Waals surface area contributed by atoms with Crippen LogP contribution in [0, 0.1) is 17.8 Å². The topological polar surface area (TPSA) is 21.3 Å². The van der Waals surface area contributed by atoms with Gasteiger partial charge < -0.3 is 10.1 Å². The van der Waals surface area contributed by atoms with Crippen molar-refractivity contribution >= 4 is 0 Å². The normalized spacial score (nSPS) is 34.7. The van der Waals surface area contributed by atoms with Crippen LogP contribution in [0.25, 0.3) is 0 Å². The Morgan fingerprint density at radius 3 is 2.00 bits per heavy atom. The number of hydrogen-bond acceptors (Lipinski definition) is 2. The smallest absolute Gasteiger partial charge is 0.0754 e. The highest BCUT2D eigenvalue weighted by Gasteiger charge is 2.40.